The zero-order valence-corrected chi connectivity index (χ0v) is 8.54. The predicted molar refractivity (Wildman–Crippen MR) is 54.0 cm³/mol. The summed E-state index contributed by atoms with van der Waals surface area (Å²) in [7, 11) is 1.61. The van der Waals surface area contributed by atoms with Crippen LogP contribution in [0.15, 0.2) is 23.2 Å². The molecule has 0 unspecified atom stereocenters. The second-order valence-electron chi connectivity index (χ2n) is 2.75. The lowest BCUT2D eigenvalue weighted by molar-refractivity contribution is 0.184. The molecular formula is C10H10ClNO2. The Kier molecular flexibility index (Phi) is 4.33. The molecule has 0 spiro atoms. The second-order valence-corrected chi connectivity index (χ2v) is 3.19. The van der Waals surface area contributed by atoms with Crippen molar-refractivity contribution in [1.82, 2.24) is 0 Å². The maximum atomic E-state index is 9.98. The number of hydrogen-bond acceptors (Lipinski definition) is 3. The van der Waals surface area contributed by atoms with E-state index in [-0.39, 0.29) is 0 Å². The van der Waals surface area contributed by atoms with E-state index >= 15 is 0 Å². The molecule has 0 aliphatic carbocycles. The van der Waals surface area contributed by atoms with Crippen molar-refractivity contribution in [3.63, 3.8) is 0 Å². The van der Waals surface area contributed by atoms with Crippen LogP contribution in [0.1, 0.15) is 11.1 Å². The van der Waals surface area contributed by atoms with Crippen molar-refractivity contribution in [3.05, 3.63) is 34.3 Å². The molecule has 0 saturated heterocycles. The number of benzene rings is 1. The summed E-state index contributed by atoms with van der Waals surface area (Å²) in [5.74, 6) is 0. The largest absolute Gasteiger partial charge is 0.380 e. The molecule has 0 fully saturated rings. The Labute approximate surface area is 87.4 Å². The summed E-state index contributed by atoms with van der Waals surface area (Å²) in [6.07, 6.45) is 1.50. The molecule has 74 valence electrons. The van der Waals surface area contributed by atoms with Crippen molar-refractivity contribution in [2.24, 2.45) is 4.99 Å². The van der Waals surface area contributed by atoms with Gasteiger partial charge in [0, 0.05) is 12.1 Å². The van der Waals surface area contributed by atoms with Crippen LogP contribution in [0.2, 0.25) is 5.02 Å². The number of halogens is 1. The molecule has 0 amide bonds. The number of ether oxygens (including phenoxy) is 1. The molecule has 0 atom stereocenters. The molecular weight excluding hydrogens is 202 g/mol. The van der Waals surface area contributed by atoms with Gasteiger partial charge in [-0.15, -0.1) is 0 Å². The Morgan fingerprint density at radius 2 is 2.29 bits per heavy atom. The molecule has 1 aromatic carbocycles. The molecule has 0 bridgehead atoms. The third-order valence-corrected chi connectivity index (χ3v) is 2.02. The first-order valence-corrected chi connectivity index (χ1v) is 4.45. The standard InChI is InChI=1S/C10H10ClNO2/c1-14-6-8-2-3-10(11)4-9(8)5-12-7-13/h2-4H,5-6H2,1H3. The molecule has 0 aromatic heterocycles. The van der Waals surface area contributed by atoms with E-state index in [1.54, 1.807) is 19.2 Å². The predicted octanol–water partition coefficient (Wildman–Crippen LogP) is 2.32. The fraction of sp³-hybridized carbons (Fsp3) is 0.300. The van der Waals surface area contributed by atoms with Gasteiger partial charge in [-0.05, 0) is 23.3 Å². The summed E-state index contributed by atoms with van der Waals surface area (Å²) in [6, 6.07) is 5.42. The number of nitrogens with zero attached hydrogens (tertiary/aromatic N) is 1. The van der Waals surface area contributed by atoms with Crippen LogP contribution in [0.3, 0.4) is 0 Å². The van der Waals surface area contributed by atoms with E-state index in [2.05, 4.69) is 4.99 Å². The molecule has 3 nitrogen and oxygen atoms in total. The third-order valence-electron chi connectivity index (χ3n) is 1.78. The van der Waals surface area contributed by atoms with E-state index in [1.807, 2.05) is 6.07 Å². The van der Waals surface area contributed by atoms with Gasteiger partial charge in [-0.1, -0.05) is 17.7 Å². The SMILES string of the molecule is COCc1ccc(Cl)cc1CN=C=O. The molecule has 0 aliphatic heterocycles. The smallest absolute Gasteiger partial charge is 0.235 e. The Hall–Kier alpha value is -1.15. The van der Waals surface area contributed by atoms with Crippen molar-refractivity contribution in [2.45, 2.75) is 13.2 Å². The van der Waals surface area contributed by atoms with Crippen LogP contribution in [-0.2, 0) is 22.7 Å². The van der Waals surface area contributed by atoms with E-state index in [0.717, 1.165) is 11.1 Å². The highest BCUT2D eigenvalue weighted by molar-refractivity contribution is 6.30. The number of isocyanates is 1. The monoisotopic (exact) mass is 211 g/mol. The molecule has 1 aromatic rings. The fourth-order valence-corrected chi connectivity index (χ4v) is 1.35. The lowest BCUT2D eigenvalue weighted by Crippen LogP contribution is -1.94. The van der Waals surface area contributed by atoms with Gasteiger partial charge in [-0.3, -0.25) is 0 Å². The van der Waals surface area contributed by atoms with Crippen LogP contribution in [-0.4, -0.2) is 13.2 Å². The van der Waals surface area contributed by atoms with Gasteiger partial charge in [0.1, 0.15) is 0 Å². The summed E-state index contributed by atoms with van der Waals surface area (Å²) in [5.41, 5.74) is 1.87. The topological polar surface area (TPSA) is 38.7 Å². The highest BCUT2D eigenvalue weighted by Crippen LogP contribution is 2.17. The van der Waals surface area contributed by atoms with Crippen LogP contribution in [0.4, 0.5) is 0 Å². The van der Waals surface area contributed by atoms with Gasteiger partial charge in [0.25, 0.3) is 0 Å². The van der Waals surface area contributed by atoms with E-state index < -0.39 is 0 Å². The highest BCUT2D eigenvalue weighted by atomic mass is 35.5. The molecule has 0 N–H and O–H groups in total. The fourth-order valence-electron chi connectivity index (χ4n) is 1.16. The maximum Gasteiger partial charge on any atom is 0.235 e. The van der Waals surface area contributed by atoms with Crippen LogP contribution in [0, 0.1) is 0 Å². The number of carbonyl (C=O) groups excluding carboxylic acids is 1. The molecule has 4 heteroatoms. The minimum absolute atomic E-state index is 0.294. The summed E-state index contributed by atoms with van der Waals surface area (Å²) in [4.78, 5) is 13.5. The highest BCUT2D eigenvalue weighted by Gasteiger charge is 2.02. The van der Waals surface area contributed by atoms with Crippen LogP contribution >= 0.6 is 11.6 Å². The number of rotatable bonds is 4. The Morgan fingerprint density at radius 1 is 1.50 bits per heavy atom. The van der Waals surface area contributed by atoms with Gasteiger partial charge in [0.2, 0.25) is 6.08 Å². The zero-order valence-electron chi connectivity index (χ0n) is 7.79. The minimum atomic E-state index is 0.294. The quantitative estimate of drug-likeness (QED) is 0.566. The van der Waals surface area contributed by atoms with Crippen LogP contribution < -0.4 is 0 Å². The molecule has 0 radical (unpaired) electrons. The Morgan fingerprint density at radius 3 is 2.93 bits per heavy atom. The van der Waals surface area contributed by atoms with Crippen molar-refractivity contribution >= 4 is 17.7 Å². The summed E-state index contributed by atoms with van der Waals surface area (Å²) < 4.78 is 5.01. The minimum Gasteiger partial charge on any atom is -0.380 e. The summed E-state index contributed by atoms with van der Waals surface area (Å²) in [6.45, 7) is 0.781. The van der Waals surface area contributed by atoms with E-state index in [1.165, 1.54) is 6.08 Å². The van der Waals surface area contributed by atoms with Gasteiger partial charge in [-0.2, -0.15) is 0 Å². The van der Waals surface area contributed by atoms with E-state index in [0.29, 0.717) is 18.2 Å². The first-order valence-electron chi connectivity index (χ1n) is 4.08. The van der Waals surface area contributed by atoms with Crippen LogP contribution in [0.25, 0.3) is 0 Å². The lowest BCUT2D eigenvalue weighted by Gasteiger charge is -2.06. The van der Waals surface area contributed by atoms with Crippen molar-refractivity contribution in [1.29, 1.82) is 0 Å². The first-order chi connectivity index (χ1) is 6.77. The average molecular weight is 212 g/mol. The van der Waals surface area contributed by atoms with E-state index in [4.69, 9.17) is 16.3 Å². The van der Waals surface area contributed by atoms with Gasteiger partial charge in [0.05, 0.1) is 13.2 Å². The summed E-state index contributed by atoms with van der Waals surface area (Å²) in [5, 5.41) is 0.626. The van der Waals surface area contributed by atoms with Gasteiger partial charge in [0.15, 0.2) is 0 Å². The maximum absolute atomic E-state index is 9.98. The van der Waals surface area contributed by atoms with Crippen molar-refractivity contribution in [2.75, 3.05) is 7.11 Å². The molecule has 0 aliphatic rings. The molecule has 0 saturated carbocycles. The zero-order chi connectivity index (χ0) is 10.4. The van der Waals surface area contributed by atoms with Crippen molar-refractivity contribution < 1.29 is 9.53 Å². The first kappa shape index (κ1) is 10.9. The number of hydrogen-bond donors (Lipinski definition) is 0. The van der Waals surface area contributed by atoms with Crippen molar-refractivity contribution in [3.8, 4) is 0 Å². The molecule has 14 heavy (non-hydrogen) atoms. The van der Waals surface area contributed by atoms with Crippen LogP contribution in [0.5, 0.6) is 0 Å². The Balaban J connectivity index is 2.95. The van der Waals surface area contributed by atoms with Gasteiger partial charge >= 0.3 is 0 Å². The summed E-state index contributed by atoms with van der Waals surface area (Å²) >= 11 is 5.81. The Bertz CT molecular complexity index is 359. The van der Waals surface area contributed by atoms with E-state index in [9.17, 15) is 4.79 Å². The number of aliphatic imine (C=N–C) groups is 1. The molecule has 1 rings (SSSR count). The third kappa shape index (κ3) is 2.96. The van der Waals surface area contributed by atoms with Gasteiger partial charge < -0.3 is 4.74 Å². The number of methoxy groups -OCH3 is 1. The second kappa shape index (κ2) is 5.55. The molecule has 0 heterocycles. The average Bonchev–Trinajstić information content (AvgIpc) is 2.18. The normalized spacial score (nSPS) is 9.57. The lowest BCUT2D eigenvalue weighted by atomic mass is 10.1. The van der Waals surface area contributed by atoms with Gasteiger partial charge in [-0.25, -0.2) is 9.79 Å².